The first-order chi connectivity index (χ1) is 9.02. The second kappa shape index (κ2) is 5.80. The summed E-state index contributed by atoms with van der Waals surface area (Å²) in [6, 6.07) is 9.03. The van der Waals surface area contributed by atoms with Crippen molar-refractivity contribution in [2.45, 2.75) is 39.2 Å². The van der Waals surface area contributed by atoms with E-state index in [2.05, 4.69) is 66.9 Å². The number of hydrogen-bond acceptors (Lipinski definition) is 4. The molecule has 1 heterocycles. The van der Waals surface area contributed by atoms with E-state index < -0.39 is 0 Å². The van der Waals surface area contributed by atoms with Crippen molar-refractivity contribution < 1.29 is 0 Å². The van der Waals surface area contributed by atoms with Crippen LogP contribution >= 0.6 is 11.5 Å². The Balaban J connectivity index is 2.28. The lowest BCUT2D eigenvalue weighted by Crippen LogP contribution is -2.21. The van der Waals surface area contributed by atoms with Crippen LogP contribution in [0.3, 0.4) is 0 Å². The molecule has 0 saturated carbocycles. The van der Waals surface area contributed by atoms with E-state index in [1.165, 1.54) is 22.7 Å². The van der Waals surface area contributed by atoms with Crippen LogP contribution in [0.2, 0.25) is 0 Å². The number of benzene rings is 1. The van der Waals surface area contributed by atoms with Gasteiger partial charge in [0.25, 0.3) is 0 Å². The van der Waals surface area contributed by atoms with E-state index in [4.69, 9.17) is 0 Å². The molecule has 0 radical (unpaired) electrons. The summed E-state index contributed by atoms with van der Waals surface area (Å²) in [5.74, 6) is 0. The van der Waals surface area contributed by atoms with E-state index in [-0.39, 0.29) is 11.5 Å². The Hall–Kier alpha value is -1.26. The Morgan fingerprint density at radius 2 is 1.89 bits per heavy atom. The molecule has 0 aliphatic carbocycles. The highest BCUT2D eigenvalue weighted by Crippen LogP contribution is 2.27. The minimum absolute atomic E-state index is 0.193. The number of hydrogen-bond donors (Lipinski definition) is 1. The summed E-state index contributed by atoms with van der Waals surface area (Å²) in [5, 5.41) is 7.43. The number of rotatable bonds is 4. The van der Waals surface area contributed by atoms with Crippen molar-refractivity contribution in [3.63, 3.8) is 0 Å². The zero-order valence-electron chi connectivity index (χ0n) is 12.0. The number of nitrogens with one attached hydrogen (secondary N) is 1. The third-order valence-electron chi connectivity index (χ3n) is 3.18. The Morgan fingerprint density at radius 1 is 1.21 bits per heavy atom. The molecule has 0 aliphatic rings. The summed E-state index contributed by atoms with van der Waals surface area (Å²) < 4.78 is 3.96. The molecule has 0 saturated heterocycles. The van der Waals surface area contributed by atoms with Crippen LogP contribution in [0.15, 0.2) is 30.5 Å². The van der Waals surface area contributed by atoms with E-state index in [1.54, 1.807) is 0 Å². The van der Waals surface area contributed by atoms with Gasteiger partial charge in [-0.25, -0.2) is 0 Å². The topological polar surface area (TPSA) is 37.8 Å². The normalized spacial score (nSPS) is 13.5. The summed E-state index contributed by atoms with van der Waals surface area (Å²) in [6.07, 6.45) is 1.84. The standard InChI is InChI=1S/C15H21N3S/c1-5-16-14(13-10-17-18-19-13)11-6-8-12(9-7-11)15(2,3)4/h6-10,14,16H,5H2,1-4H3. The Bertz CT molecular complexity index is 497. The van der Waals surface area contributed by atoms with Crippen LogP contribution in [-0.4, -0.2) is 16.1 Å². The highest BCUT2D eigenvalue weighted by molar-refractivity contribution is 7.05. The van der Waals surface area contributed by atoms with E-state index in [0.717, 1.165) is 11.4 Å². The maximum absolute atomic E-state index is 3.96. The molecule has 102 valence electrons. The van der Waals surface area contributed by atoms with Crippen molar-refractivity contribution >= 4 is 11.5 Å². The second-order valence-electron chi connectivity index (χ2n) is 5.68. The molecule has 2 aromatic rings. The molecule has 0 aliphatic heterocycles. The third-order valence-corrected chi connectivity index (χ3v) is 3.91. The maximum atomic E-state index is 3.96. The van der Waals surface area contributed by atoms with Crippen molar-refractivity contribution in [2.75, 3.05) is 6.54 Å². The summed E-state index contributed by atoms with van der Waals surface area (Å²) in [5.41, 5.74) is 2.81. The van der Waals surface area contributed by atoms with Gasteiger partial charge in [-0.1, -0.05) is 56.4 Å². The molecule has 1 unspecified atom stereocenters. The van der Waals surface area contributed by atoms with Gasteiger partial charge in [0.05, 0.1) is 17.1 Å². The van der Waals surface area contributed by atoms with Crippen molar-refractivity contribution in [1.82, 2.24) is 14.9 Å². The third kappa shape index (κ3) is 3.39. The Morgan fingerprint density at radius 3 is 2.37 bits per heavy atom. The quantitative estimate of drug-likeness (QED) is 0.927. The first-order valence-corrected chi connectivity index (χ1v) is 7.41. The molecular formula is C15H21N3S. The van der Waals surface area contributed by atoms with Crippen LogP contribution < -0.4 is 5.32 Å². The monoisotopic (exact) mass is 275 g/mol. The van der Waals surface area contributed by atoms with E-state index >= 15 is 0 Å². The van der Waals surface area contributed by atoms with Gasteiger partial charge in [-0.05, 0) is 34.6 Å². The number of aromatic nitrogens is 2. The molecule has 0 amide bonds. The van der Waals surface area contributed by atoms with Gasteiger partial charge >= 0.3 is 0 Å². The van der Waals surface area contributed by atoms with Crippen molar-refractivity contribution in [1.29, 1.82) is 0 Å². The maximum Gasteiger partial charge on any atom is 0.0703 e. The highest BCUT2D eigenvalue weighted by Gasteiger charge is 2.17. The fourth-order valence-electron chi connectivity index (χ4n) is 2.06. The molecule has 0 fully saturated rings. The molecule has 19 heavy (non-hydrogen) atoms. The van der Waals surface area contributed by atoms with Crippen molar-refractivity contribution in [3.05, 3.63) is 46.5 Å². The van der Waals surface area contributed by atoms with Crippen LogP contribution in [0, 0.1) is 0 Å². The zero-order valence-corrected chi connectivity index (χ0v) is 12.8. The molecule has 3 nitrogen and oxygen atoms in total. The molecule has 1 aromatic carbocycles. The lowest BCUT2D eigenvalue weighted by molar-refractivity contribution is 0.588. The van der Waals surface area contributed by atoms with Crippen LogP contribution in [0.25, 0.3) is 0 Å². The SMILES string of the molecule is CCNC(c1ccc(C(C)(C)C)cc1)c1cnns1. The van der Waals surface area contributed by atoms with Gasteiger partial charge in [-0.15, -0.1) is 5.10 Å². The molecule has 1 N–H and O–H groups in total. The van der Waals surface area contributed by atoms with Crippen LogP contribution in [-0.2, 0) is 5.41 Å². The van der Waals surface area contributed by atoms with Gasteiger partial charge < -0.3 is 5.32 Å². The summed E-state index contributed by atoms with van der Waals surface area (Å²) in [7, 11) is 0. The van der Waals surface area contributed by atoms with Gasteiger partial charge in [-0.3, -0.25) is 0 Å². The first kappa shape index (κ1) is 14.2. The zero-order chi connectivity index (χ0) is 13.9. The van der Waals surface area contributed by atoms with Crippen LogP contribution in [0.1, 0.15) is 49.7 Å². The fourth-order valence-corrected chi connectivity index (χ4v) is 2.67. The van der Waals surface area contributed by atoms with Crippen LogP contribution in [0.4, 0.5) is 0 Å². The van der Waals surface area contributed by atoms with Crippen molar-refractivity contribution in [2.24, 2.45) is 0 Å². The minimum atomic E-state index is 0.193. The Labute approximate surface area is 119 Å². The molecule has 1 atom stereocenters. The smallest absolute Gasteiger partial charge is 0.0703 e. The summed E-state index contributed by atoms with van der Waals surface area (Å²) >= 11 is 1.45. The average Bonchev–Trinajstić information content (AvgIpc) is 2.89. The van der Waals surface area contributed by atoms with Gasteiger partial charge in [0.2, 0.25) is 0 Å². The molecule has 4 heteroatoms. The number of nitrogens with zero attached hydrogens (tertiary/aromatic N) is 2. The van der Waals surface area contributed by atoms with Gasteiger partial charge in [-0.2, -0.15) is 0 Å². The molecule has 2 rings (SSSR count). The molecule has 1 aromatic heterocycles. The first-order valence-electron chi connectivity index (χ1n) is 6.63. The summed E-state index contributed by atoms with van der Waals surface area (Å²) in [4.78, 5) is 1.16. The van der Waals surface area contributed by atoms with E-state index in [0.29, 0.717) is 0 Å². The summed E-state index contributed by atoms with van der Waals surface area (Å²) in [6.45, 7) is 9.74. The molecular weight excluding hydrogens is 254 g/mol. The van der Waals surface area contributed by atoms with E-state index in [1.807, 2.05) is 6.20 Å². The largest absolute Gasteiger partial charge is 0.306 e. The predicted octanol–water partition coefficient (Wildman–Crippen LogP) is 3.53. The minimum Gasteiger partial charge on any atom is -0.306 e. The Kier molecular flexibility index (Phi) is 4.32. The van der Waals surface area contributed by atoms with Gasteiger partial charge in [0, 0.05) is 0 Å². The van der Waals surface area contributed by atoms with Crippen LogP contribution in [0.5, 0.6) is 0 Å². The average molecular weight is 275 g/mol. The lowest BCUT2D eigenvalue weighted by atomic mass is 9.86. The molecule has 0 spiro atoms. The van der Waals surface area contributed by atoms with Gasteiger partial charge in [0.15, 0.2) is 0 Å². The predicted molar refractivity (Wildman–Crippen MR) is 80.6 cm³/mol. The highest BCUT2D eigenvalue weighted by atomic mass is 32.1. The van der Waals surface area contributed by atoms with E-state index in [9.17, 15) is 0 Å². The fraction of sp³-hybridized carbons (Fsp3) is 0.467. The van der Waals surface area contributed by atoms with Crippen molar-refractivity contribution in [3.8, 4) is 0 Å². The second-order valence-corrected chi connectivity index (χ2v) is 6.50. The molecule has 0 bridgehead atoms. The lowest BCUT2D eigenvalue weighted by Gasteiger charge is -2.21. The van der Waals surface area contributed by atoms with Gasteiger partial charge in [0.1, 0.15) is 0 Å².